The minimum Gasteiger partial charge on any atom is -0.492 e. The van der Waals surface area contributed by atoms with Gasteiger partial charge in [0, 0.05) is 57.1 Å². The number of thioether (sulfide) groups is 4. The molecule has 4 aromatic carbocycles. The van der Waals surface area contributed by atoms with Gasteiger partial charge in [0.25, 0.3) is 0 Å². The van der Waals surface area contributed by atoms with Gasteiger partial charge in [-0.15, -0.1) is 0 Å². The third-order valence-corrected chi connectivity index (χ3v) is 10.6. The van der Waals surface area contributed by atoms with Crippen LogP contribution in [0.2, 0.25) is 0 Å². The van der Waals surface area contributed by atoms with Crippen molar-refractivity contribution >= 4 is 68.6 Å². The fourth-order valence-electron chi connectivity index (χ4n) is 4.69. The first-order valence-corrected chi connectivity index (χ1v) is 19.2. The van der Waals surface area contributed by atoms with E-state index in [-0.39, 0.29) is 0 Å². The summed E-state index contributed by atoms with van der Waals surface area (Å²) in [4.78, 5) is 0. The van der Waals surface area contributed by atoms with E-state index in [4.69, 9.17) is 18.9 Å². The van der Waals surface area contributed by atoms with Gasteiger partial charge in [-0.05, 0) is 45.8 Å². The van der Waals surface area contributed by atoms with E-state index in [9.17, 15) is 0 Å². The summed E-state index contributed by atoms with van der Waals surface area (Å²) < 4.78 is 24.4. The number of rotatable bonds is 0. The Morgan fingerprint density at radius 3 is 1.19 bits per heavy atom. The van der Waals surface area contributed by atoms with Gasteiger partial charge in [0.1, 0.15) is 11.5 Å². The summed E-state index contributed by atoms with van der Waals surface area (Å²) in [6, 6.07) is 26.0. The van der Waals surface area contributed by atoms with Crippen molar-refractivity contribution in [3.05, 3.63) is 83.9 Å². The summed E-state index contributed by atoms with van der Waals surface area (Å²) in [6.45, 7) is 4.48. The van der Waals surface area contributed by atoms with Gasteiger partial charge in [-0.1, -0.05) is 48.5 Å². The summed E-state index contributed by atoms with van der Waals surface area (Å²) in [7, 11) is 0. The molecule has 224 valence electrons. The first kappa shape index (κ1) is 31.7. The molecule has 0 amide bonds. The molecule has 1 aliphatic heterocycles. The molecule has 0 saturated heterocycles. The van der Waals surface area contributed by atoms with Gasteiger partial charge >= 0.3 is 0 Å². The van der Waals surface area contributed by atoms with Crippen LogP contribution in [0.4, 0.5) is 0 Å². The molecule has 0 fully saturated rings. The first-order chi connectivity index (χ1) is 20.9. The maximum Gasteiger partial charge on any atom is 0.124 e. The molecule has 0 saturated carbocycles. The van der Waals surface area contributed by atoms with Crippen molar-refractivity contribution in [3.8, 4) is 11.5 Å². The van der Waals surface area contributed by atoms with Gasteiger partial charge in [-0.3, -0.25) is 0 Å². The van der Waals surface area contributed by atoms with Gasteiger partial charge in [0.2, 0.25) is 0 Å². The Morgan fingerprint density at radius 2 is 0.762 bits per heavy atom. The van der Waals surface area contributed by atoms with Crippen molar-refractivity contribution in [2.45, 2.75) is 11.5 Å². The molecule has 1 heterocycles. The molecule has 0 atom stereocenters. The second-order valence-corrected chi connectivity index (χ2v) is 14.5. The number of fused-ring (bicyclic) bond motifs is 4. The van der Waals surface area contributed by atoms with Gasteiger partial charge in [0.15, 0.2) is 0 Å². The van der Waals surface area contributed by atoms with Crippen molar-refractivity contribution in [1.29, 1.82) is 0 Å². The minimum atomic E-state index is 0.705. The molecule has 0 unspecified atom stereocenters. The molecule has 0 radical (unpaired) electrons. The van der Waals surface area contributed by atoms with Crippen LogP contribution in [0.5, 0.6) is 11.5 Å². The molecular formula is C34H40O4S4. The van der Waals surface area contributed by atoms with Crippen LogP contribution < -0.4 is 9.47 Å². The Kier molecular flexibility index (Phi) is 13.8. The molecule has 42 heavy (non-hydrogen) atoms. The normalized spacial score (nSPS) is 17.9. The monoisotopic (exact) mass is 640 g/mol. The highest BCUT2D eigenvalue weighted by Gasteiger charge is 2.09. The Bertz CT molecular complexity index is 1280. The fourth-order valence-corrected chi connectivity index (χ4v) is 7.63. The molecule has 0 N–H and O–H groups in total. The quantitative estimate of drug-likeness (QED) is 0.190. The lowest BCUT2D eigenvalue weighted by Gasteiger charge is -2.14. The smallest absolute Gasteiger partial charge is 0.124 e. The molecule has 0 aliphatic carbocycles. The topological polar surface area (TPSA) is 36.9 Å². The lowest BCUT2D eigenvalue weighted by atomic mass is 10.1. The van der Waals surface area contributed by atoms with Gasteiger partial charge < -0.3 is 18.9 Å². The lowest BCUT2D eigenvalue weighted by molar-refractivity contribution is 0.167. The van der Waals surface area contributed by atoms with Gasteiger partial charge in [0.05, 0.1) is 39.6 Å². The fraction of sp³-hybridized carbons (Fsp3) is 0.412. The largest absolute Gasteiger partial charge is 0.492 e. The Morgan fingerprint density at radius 1 is 0.405 bits per heavy atom. The summed E-state index contributed by atoms with van der Waals surface area (Å²) in [6.07, 6.45) is 0. The average molecular weight is 641 g/mol. The zero-order chi connectivity index (χ0) is 28.7. The standard InChI is InChI=1S/C34H40O4S4/c1-3-7-29-23-33-31(21-27(29)5-1)25-41-17-11-36-12-18-42-26-32-22-28-6-2-4-8-30(28)24-34(32)38-14-20-40-16-10-35-9-15-39-19-13-37-33/h1-8,21-24H,9-20,25-26H2. The molecule has 4 aromatic rings. The van der Waals surface area contributed by atoms with Crippen molar-refractivity contribution in [2.75, 3.05) is 74.2 Å². The van der Waals surface area contributed by atoms with E-state index in [1.807, 2.05) is 47.0 Å². The third kappa shape index (κ3) is 10.2. The Balaban J connectivity index is 1.16. The van der Waals surface area contributed by atoms with E-state index in [2.05, 4.69) is 72.8 Å². The molecular weight excluding hydrogens is 601 g/mol. The molecule has 1 aliphatic rings. The SMILES string of the molecule is c1ccc2cc3c(cc2c1)CSCCOCCSCc1cc2ccccc2cc1OCCSCCOCCSCCO3. The van der Waals surface area contributed by atoms with Gasteiger partial charge in [-0.2, -0.15) is 47.0 Å². The molecule has 8 heteroatoms. The van der Waals surface area contributed by atoms with Crippen LogP contribution in [0.3, 0.4) is 0 Å². The van der Waals surface area contributed by atoms with Gasteiger partial charge in [-0.25, -0.2) is 0 Å². The van der Waals surface area contributed by atoms with E-state index in [0.29, 0.717) is 13.2 Å². The predicted octanol–water partition coefficient (Wildman–Crippen LogP) is 8.43. The highest BCUT2D eigenvalue weighted by atomic mass is 32.2. The number of benzene rings is 4. The molecule has 4 nitrogen and oxygen atoms in total. The number of ether oxygens (including phenoxy) is 4. The lowest BCUT2D eigenvalue weighted by Crippen LogP contribution is -2.07. The van der Waals surface area contributed by atoms with Crippen molar-refractivity contribution in [1.82, 2.24) is 0 Å². The van der Waals surface area contributed by atoms with Crippen LogP contribution in [0.1, 0.15) is 11.1 Å². The second-order valence-electron chi connectivity index (χ2n) is 9.87. The van der Waals surface area contributed by atoms with Crippen LogP contribution in [0.25, 0.3) is 21.5 Å². The highest BCUT2D eigenvalue weighted by Crippen LogP contribution is 2.31. The summed E-state index contributed by atoms with van der Waals surface area (Å²) >= 11 is 7.59. The number of hydrogen-bond acceptors (Lipinski definition) is 8. The molecule has 5 rings (SSSR count). The highest BCUT2D eigenvalue weighted by molar-refractivity contribution is 7.99. The molecule has 0 bridgehead atoms. The van der Waals surface area contributed by atoms with Crippen LogP contribution >= 0.6 is 47.0 Å². The first-order valence-electron chi connectivity index (χ1n) is 14.6. The van der Waals surface area contributed by atoms with E-state index < -0.39 is 0 Å². The Hall–Kier alpha value is -1.68. The van der Waals surface area contributed by atoms with Crippen LogP contribution in [-0.4, -0.2) is 74.2 Å². The number of hydrogen-bond donors (Lipinski definition) is 0. The third-order valence-electron chi connectivity index (χ3n) is 6.83. The predicted molar refractivity (Wildman–Crippen MR) is 187 cm³/mol. The Labute approximate surface area is 267 Å². The van der Waals surface area contributed by atoms with E-state index >= 15 is 0 Å². The minimum absolute atomic E-state index is 0.705. The van der Waals surface area contributed by atoms with E-state index in [1.165, 1.54) is 32.7 Å². The van der Waals surface area contributed by atoms with E-state index in [0.717, 1.165) is 83.9 Å². The van der Waals surface area contributed by atoms with Crippen LogP contribution in [0, 0.1) is 0 Å². The van der Waals surface area contributed by atoms with Crippen molar-refractivity contribution < 1.29 is 18.9 Å². The van der Waals surface area contributed by atoms with Crippen LogP contribution in [0.15, 0.2) is 72.8 Å². The zero-order valence-electron chi connectivity index (χ0n) is 24.1. The maximum absolute atomic E-state index is 6.28. The van der Waals surface area contributed by atoms with Crippen LogP contribution in [-0.2, 0) is 21.0 Å². The van der Waals surface area contributed by atoms with E-state index in [1.54, 1.807) is 0 Å². The van der Waals surface area contributed by atoms with Crippen molar-refractivity contribution in [2.24, 2.45) is 0 Å². The zero-order valence-corrected chi connectivity index (χ0v) is 27.4. The molecule has 0 spiro atoms. The second kappa shape index (κ2) is 18.2. The summed E-state index contributed by atoms with van der Waals surface area (Å²) in [5.41, 5.74) is 2.52. The summed E-state index contributed by atoms with van der Waals surface area (Å²) in [5, 5.41) is 4.97. The van der Waals surface area contributed by atoms with Crippen molar-refractivity contribution in [3.63, 3.8) is 0 Å². The average Bonchev–Trinajstić information content (AvgIpc) is 3.02. The molecule has 0 aromatic heterocycles. The summed E-state index contributed by atoms with van der Waals surface area (Å²) in [5.74, 6) is 9.66. The maximum atomic E-state index is 6.28.